The molecule has 2 aliphatic heterocycles. The van der Waals surface area contributed by atoms with E-state index in [1.165, 1.54) is 12.1 Å². The summed E-state index contributed by atoms with van der Waals surface area (Å²) in [4.78, 5) is 32.9. The van der Waals surface area contributed by atoms with Crippen molar-refractivity contribution in [2.45, 2.75) is 32.1 Å². The Bertz CT molecular complexity index is 1340. The van der Waals surface area contributed by atoms with Crippen LogP contribution >= 0.6 is 41.7 Å². The van der Waals surface area contributed by atoms with Crippen molar-refractivity contribution >= 4 is 87.9 Å². The molecule has 0 aromatic heterocycles. The quantitative estimate of drug-likeness (QED) is 0.140. The molecule has 6 N–H and O–H groups in total. The highest BCUT2D eigenvalue weighted by atomic mass is 35.8. The molecule has 2 aliphatic rings. The molecule has 0 spiro atoms. The van der Waals surface area contributed by atoms with E-state index in [9.17, 15) is 19.5 Å². The topological polar surface area (TPSA) is 148 Å². The summed E-state index contributed by atoms with van der Waals surface area (Å²) in [6.07, 6.45) is 2.68. The molecule has 9 nitrogen and oxygen atoms in total. The van der Waals surface area contributed by atoms with Crippen LogP contribution in [-0.4, -0.2) is 50.3 Å². The molecule has 0 unspecified atom stereocenters. The maximum Gasteiger partial charge on any atom is 0.643 e. The Labute approximate surface area is 260 Å². The lowest BCUT2D eigenvalue weighted by molar-refractivity contribution is -0.117. The van der Waals surface area contributed by atoms with Crippen LogP contribution in [0.4, 0.5) is 17.1 Å². The first-order valence-electron chi connectivity index (χ1n) is 12.3. The van der Waals surface area contributed by atoms with E-state index in [2.05, 4.69) is 16.0 Å². The second-order valence-electron chi connectivity index (χ2n) is 8.53. The number of amides is 3. The Morgan fingerprint density at radius 2 is 1.44 bits per heavy atom. The van der Waals surface area contributed by atoms with Gasteiger partial charge in [-0.25, -0.2) is 30.1 Å². The van der Waals surface area contributed by atoms with E-state index < -0.39 is 11.4 Å². The van der Waals surface area contributed by atoms with Gasteiger partial charge in [0.2, 0.25) is 17.7 Å². The van der Waals surface area contributed by atoms with Crippen molar-refractivity contribution < 1.29 is 31.1 Å². The zero-order chi connectivity index (χ0) is 30.4. The number of hydrogen-bond donors (Lipinski definition) is 6. The van der Waals surface area contributed by atoms with E-state index in [0.717, 1.165) is 28.9 Å². The fourth-order valence-electron chi connectivity index (χ4n) is 3.66. The Kier molecular flexibility index (Phi) is 15.0. The number of benzene rings is 3. The van der Waals surface area contributed by atoms with Crippen LogP contribution in [0.1, 0.15) is 31.8 Å². The first-order valence-corrected chi connectivity index (χ1v) is 18.0. The predicted octanol–water partition coefficient (Wildman–Crippen LogP) is 6.45. The van der Waals surface area contributed by atoms with Gasteiger partial charge >= 0.3 is 11.4 Å². The van der Waals surface area contributed by atoms with Crippen molar-refractivity contribution in [3.8, 4) is 17.2 Å². The van der Waals surface area contributed by atoms with Crippen LogP contribution in [-0.2, 0) is 27.2 Å². The van der Waals surface area contributed by atoms with Crippen LogP contribution in [0.25, 0.3) is 0 Å². The normalized spacial score (nSPS) is 12.6. The van der Waals surface area contributed by atoms with Gasteiger partial charge in [0.1, 0.15) is 17.2 Å². The molecule has 0 atom stereocenters. The van der Waals surface area contributed by atoms with Crippen molar-refractivity contribution in [3.63, 3.8) is 0 Å². The van der Waals surface area contributed by atoms with Gasteiger partial charge in [-0.05, 0) is 48.7 Å². The van der Waals surface area contributed by atoms with Crippen LogP contribution < -0.4 is 16.0 Å². The van der Waals surface area contributed by atoms with E-state index in [1.54, 1.807) is 42.5 Å². The molecule has 0 saturated heterocycles. The monoisotopic (exact) mass is 660 g/mol. The number of halogens is 4. The van der Waals surface area contributed by atoms with Crippen LogP contribution in [0.2, 0.25) is 0 Å². The summed E-state index contributed by atoms with van der Waals surface area (Å²) >= 11 is 3.66. The standard InChI is InChI=1S/C9H10ClNO2.2C9H9NO2.Al.3ClH.H2/c10-5-4-9(13)11-7-2-1-3-8(12)6-7;11-7-3-1-6-2-4-9(12)10-8(6)5-7;11-8-3-1-2-7-6(8)4-5-9(12)10-7;;;;;/h1-3,6,12H,4-5H2,(H,11,13);1,3,5,11H,2,4H2,(H,10,12);1-3,11H,4-5H2,(H,10,12);;4*1H/q;;;+3;;;;/p-3/i;;;;;;;1+1. The van der Waals surface area contributed by atoms with Crippen molar-refractivity contribution in [3.05, 3.63) is 71.8 Å². The molecule has 3 amide bonds. The number of carbonyl (C=O) groups excluding carboxylic acids is 3. The third-order valence-corrected chi connectivity index (χ3v) is 5.66. The van der Waals surface area contributed by atoms with Crippen LogP contribution in [0.3, 0.4) is 0 Å². The highest BCUT2D eigenvalue weighted by Crippen LogP contribution is 2.29. The van der Waals surface area contributed by atoms with Crippen LogP contribution in [0.15, 0.2) is 60.7 Å². The zero-order valence-corrected chi connectivity index (χ0v) is 25.9. The summed E-state index contributed by atoms with van der Waals surface area (Å²) in [7, 11) is 14.8. The molecular weight excluding hydrogens is 631 g/mol. The van der Waals surface area contributed by atoms with Gasteiger partial charge in [-0.1, -0.05) is 18.2 Å². The molecule has 0 aliphatic carbocycles. The fraction of sp³-hybridized carbons (Fsp3) is 0.222. The fourth-order valence-corrected chi connectivity index (χ4v) is 3.83. The summed E-state index contributed by atoms with van der Waals surface area (Å²) in [6, 6.07) is 16.6. The van der Waals surface area contributed by atoms with Crippen LogP contribution in [0.5, 0.6) is 17.2 Å². The molecule has 2 heterocycles. The van der Waals surface area contributed by atoms with Crippen molar-refractivity contribution in [2.24, 2.45) is 0 Å². The summed E-state index contributed by atoms with van der Waals surface area (Å²) in [5, 5.41) is 35.6. The second-order valence-corrected chi connectivity index (χ2v) is 15.3. The number of hydrogen-bond acceptors (Lipinski definition) is 6. The van der Waals surface area contributed by atoms with Gasteiger partial charge in [0.15, 0.2) is 0 Å². The lowest BCUT2D eigenvalue weighted by atomic mass is 10.0. The van der Waals surface area contributed by atoms with E-state index in [-0.39, 0.29) is 42.8 Å². The van der Waals surface area contributed by atoms with Gasteiger partial charge in [0.25, 0.3) is 0 Å². The third-order valence-electron chi connectivity index (χ3n) is 5.47. The molecule has 3 aromatic carbocycles. The van der Waals surface area contributed by atoms with Gasteiger partial charge in [-0.2, -0.15) is 0 Å². The van der Waals surface area contributed by atoms with E-state index >= 15 is 0 Å². The molecule has 3 aromatic rings. The minimum atomic E-state index is -1.72. The van der Waals surface area contributed by atoms with E-state index in [4.69, 9.17) is 52.0 Å². The van der Waals surface area contributed by atoms with E-state index in [0.29, 0.717) is 30.8 Å². The number of alkyl halides is 1. The van der Waals surface area contributed by atoms with E-state index in [1.807, 2.05) is 6.07 Å². The number of phenolic OH excluding ortho intramolecular Hbond substituents is 3. The van der Waals surface area contributed by atoms with Gasteiger partial charge in [-0.15, -0.1) is 11.6 Å². The highest BCUT2D eigenvalue weighted by Gasteiger charge is 2.16. The minimum Gasteiger partial charge on any atom is -0.508 e. The Morgan fingerprint density at radius 1 is 0.829 bits per heavy atom. The molecule has 220 valence electrons. The molecule has 14 heteroatoms. The average Bonchev–Trinajstić information content (AvgIpc) is 2.89. The molecule has 5 rings (SSSR count). The number of aromatic hydroxyl groups is 3. The van der Waals surface area contributed by atoms with Gasteiger partial charge in [0, 0.05) is 61.3 Å². The highest BCUT2D eigenvalue weighted by molar-refractivity contribution is 7.54. The predicted molar refractivity (Wildman–Crippen MR) is 168 cm³/mol. The van der Waals surface area contributed by atoms with Gasteiger partial charge in [-0.3, -0.25) is 14.4 Å². The van der Waals surface area contributed by atoms with Crippen molar-refractivity contribution in [1.82, 2.24) is 0 Å². The summed E-state index contributed by atoms with van der Waals surface area (Å²) < 4.78 is 0. The lowest BCUT2D eigenvalue weighted by Crippen LogP contribution is -2.18. The smallest absolute Gasteiger partial charge is 0.508 e. The number of carbonyl (C=O) groups is 3. The second kappa shape index (κ2) is 17.9. The number of rotatable bonds is 3. The summed E-state index contributed by atoms with van der Waals surface area (Å²) in [5.41, 5.74) is 4.00. The Hall–Kier alpha value is -2.84. The average molecular weight is 662 g/mol. The SMILES string of the molecule is O=C(CCCl)Nc1cccc(O)c1.O=C1CCc2c(O)cccc2N1.O=C1CCc2ccc(O)cc2N1.[2HH].[Cl][Al]([Cl])[Cl]. The molecule has 0 fully saturated rings. The largest absolute Gasteiger partial charge is 0.643 e. The van der Waals surface area contributed by atoms with Crippen molar-refractivity contribution in [1.29, 1.82) is 0 Å². The molecular formula is C27H30AlCl4N3O6. The Morgan fingerprint density at radius 3 is 2.10 bits per heavy atom. The first kappa shape index (κ1) is 34.4. The number of fused-ring (bicyclic) bond motifs is 2. The zero-order valence-electron chi connectivity index (χ0n) is 21.7. The number of aryl methyl sites for hydroxylation is 1. The first-order chi connectivity index (χ1) is 19.5. The number of nitrogens with one attached hydrogen (secondary N) is 3. The summed E-state index contributed by atoms with van der Waals surface area (Å²) in [6.45, 7) is 0. The molecule has 41 heavy (non-hydrogen) atoms. The number of phenols is 3. The number of anilines is 3. The Balaban J connectivity index is 0.000000293. The lowest BCUT2D eigenvalue weighted by Gasteiger charge is -2.16. The molecule has 0 saturated carbocycles. The maximum atomic E-state index is 11.0. The minimum absolute atomic E-state index is 0. The third kappa shape index (κ3) is 13.1. The van der Waals surface area contributed by atoms with Crippen molar-refractivity contribution in [2.75, 3.05) is 21.8 Å². The molecule has 0 bridgehead atoms. The molecule has 0 radical (unpaired) electrons. The summed E-state index contributed by atoms with van der Waals surface area (Å²) in [5.74, 6) is 0.777. The maximum absolute atomic E-state index is 11.0. The van der Waals surface area contributed by atoms with Gasteiger partial charge < -0.3 is 31.3 Å². The van der Waals surface area contributed by atoms with Gasteiger partial charge in [0.05, 0.1) is 0 Å². The van der Waals surface area contributed by atoms with Crippen LogP contribution in [0, 0.1) is 0 Å².